The van der Waals surface area contributed by atoms with Crippen LogP contribution in [0.15, 0.2) is 18.2 Å². The van der Waals surface area contributed by atoms with Gasteiger partial charge in [0.25, 0.3) is 17.3 Å². The molecule has 0 aromatic heterocycles. The summed E-state index contributed by atoms with van der Waals surface area (Å²) in [4.78, 5) is 50.1. The van der Waals surface area contributed by atoms with E-state index in [0.29, 0.717) is 12.5 Å². The molecule has 1 atom stereocenters. The molecule has 0 aliphatic heterocycles. The van der Waals surface area contributed by atoms with E-state index in [-0.39, 0.29) is 6.42 Å². The fourth-order valence-electron chi connectivity index (χ4n) is 1.77. The third-order valence-electron chi connectivity index (χ3n) is 2.85. The van der Waals surface area contributed by atoms with E-state index in [1.807, 2.05) is 0 Å². The number of benzene rings is 1. The second-order valence-corrected chi connectivity index (χ2v) is 6.42. The smallest absolute Gasteiger partial charge is 0.338 e. The maximum absolute atomic E-state index is 12.0. The lowest BCUT2D eigenvalue weighted by Gasteiger charge is -2.19. The van der Waals surface area contributed by atoms with Crippen molar-refractivity contribution in [3.05, 3.63) is 44.0 Å². The second kappa shape index (κ2) is 7.27. The zero-order valence-electron chi connectivity index (χ0n) is 11.9. The second-order valence-electron chi connectivity index (χ2n) is 4.62. The minimum absolute atomic E-state index is 0.0208. The Hall–Kier alpha value is -2.36. The van der Waals surface area contributed by atoms with E-state index in [4.69, 9.17) is 9.79 Å². The lowest BCUT2D eigenvalue weighted by Crippen LogP contribution is -2.34. The van der Waals surface area contributed by atoms with Crippen molar-refractivity contribution in [2.45, 2.75) is 25.5 Å². The van der Waals surface area contributed by atoms with Crippen molar-refractivity contribution >= 4 is 24.9 Å². The number of nitrogens with one attached hydrogen (secondary N) is 1. The number of hydrogen-bond donors (Lipinski definition) is 3. The Morgan fingerprint density at radius 3 is 2.04 bits per heavy atom. The number of nitro benzene ring substituents is 2. The fourth-order valence-corrected chi connectivity index (χ4v) is 2.65. The van der Waals surface area contributed by atoms with Crippen molar-refractivity contribution in [1.29, 1.82) is 0 Å². The number of rotatable bonds is 7. The molecule has 1 aromatic rings. The van der Waals surface area contributed by atoms with Gasteiger partial charge < -0.3 is 15.1 Å². The average molecular weight is 347 g/mol. The lowest BCUT2D eigenvalue weighted by molar-refractivity contribution is -0.394. The van der Waals surface area contributed by atoms with Crippen LogP contribution in [0.25, 0.3) is 0 Å². The molecule has 126 valence electrons. The molecule has 11 nitrogen and oxygen atoms in total. The highest BCUT2D eigenvalue weighted by molar-refractivity contribution is 7.52. The highest BCUT2D eigenvalue weighted by atomic mass is 31.2. The molecule has 0 spiro atoms. The van der Waals surface area contributed by atoms with Crippen molar-refractivity contribution in [3.8, 4) is 0 Å². The summed E-state index contributed by atoms with van der Waals surface area (Å²) in [6.07, 6.45) is 0.345. The monoisotopic (exact) mass is 347 g/mol. The molecule has 0 heterocycles. The average Bonchev–Trinajstić information content (AvgIpc) is 2.45. The van der Waals surface area contributed by atoms with E-state index in [1.54, 1.807) is 6.92 Å². The van der Waals surface area contributed by atoms with Gasteiger partial charge in [-0.2, -0.15) is 0 Å². The third kappa shape index (κ3) is 5.09. The van der Waals surface area contributed by atoms with E-state index in [2.05, 4.69) is 5.32 Å². The molecule has 1 aromatic carbocycles. The molecule has 1 amide bonds. The Morgan fingerprint density at radius 2 is 1.70 bits per heavy atom. The van der Waals surface area contributed by atoms with Crippen molar-refractivity contribution in [2.75, 3.05) is 0 Å². The highest BCUT2D eigenvalue weighted by Gasteiger charge is 2.30. The number of carbonyl (C=O) groups is 1. The normalized spacial score (nSPS) is 12.5. The molecule has 1 rings (SSSR count). The van der Waals surface area contributed by atoms with Gasteiger partial charge in [-0.1, -0.05) is 13.3 Å². The van der Waals surface area contributed by atoms with Gasteiger partial charge in [-0.15, -0.1) is 0 Å². The molecule has 0 unspecified atom stereocenters. The van der Waals surface area contributed by atoms with Crippen LogP contribution >= 0.6 is 7.60 Å². The molecule has 0 radical (unpaired) electrons. The van der Waals surface area contributed by atoms with Gasteiger partial charge >= 0.3 is 7.60 Å². The van der Waals surface area contributed by atoms with Crippen molar-refractivity contribution in [3.63, 3.8) is 0 Å². The van der Waals surface area contributed by atoms with E-state index in [0.717, 1.165) is 12.1 Å². The van der Waals surface area contributed by atoms with Crippen LogP contribution < -0.4 is 5.32 Å². The standard InChI is InChI=1S/C11H14N3O8P/c1-2-3-10(23(20,21)22)12-11(15)7-4-8(13(16)17)6-9(5-7)14(18)19/h4-6,10H,2-3H2,1H3,(H,12,15)(H2,20,21,22)/t10-/m1/s1. The third-order valence-corrected chi connectivity index (χ3v) is 4.05. The predicted octanol–water partition coefficient (Wildman–Crippen LogP) is 1.54. The summed E-state index contributed by atoms with van der Waals surface area (Å²) >= 11 is 0. The van der Waals surface area contributed by atoms with Crippen LogP contribution in [-0.2, 0) is 4.57 Å². The van der Waals surface area contributed by atoms with Gasteiger partial charge in [0.2, 0.25) is 0 Å². The van der Waals surface area contributed by atoms with Crippen LogP contribution in [0, 0.1) is 20.2 Å². The summed E-state index contributed by atoms with van der Waals surface area (Å²) in [5, 5.41) is 23.6. The molecule has 0 saturated heterocycles. The van der Waals surface area contributed by atoms with Crippen LogP contribution in [0.1, 0.15) is 30.1 Å². The molecule has 12 heteroatoms. The van der Waals surface area contributed by atoms with E-state index in [1.165, 1.54) is 0 Å². The highest BCUT2D eigenvalue weighted by Crippen LogP contribution is 2.42. The summed E-state index contributed by atoms with van der Waals surface area (Å²) in [5.41, 5.74) is -1.78. The molecule has 0 bridgehead atoms. The molecular formula is C11H14N3O8P. The molecule has 23 heavy (non-hydrogen) atoms. The predicted molar refractivity (Wildman–Crippen MR) is 78.0 cm³/mol. The Kier molecular flexibility index (Phi) is 5.91. The van der Waals surface area contributed by atoms with Crippen molar-refractivity contribution < 1.29 is 29.0 Å². The van der Waals surface area contributed by atoms with E-state index >= 15 is 0 Å². The maximum atomic E-state index is 12.0. The van der Waals surface area contributed by atoms with Gasteiger partial charge in [0.05, 0.1) is 21.5 Å². The summed E-state index contributed by atoms with van der Waals surface area (Å²) in [5.74, 6) is -2.52. The van der Waals surface area contributed by atoms with Crippen molar-refractivity contribution in [2.24, 2.45) is 0 Å². The topological polar surface area (TPSA) is 173 Å². The van der Waals surface area contributed by atoms with Crippen LogP contribution in [0.5, 0.6) is 0 Å². The van der Waals surface area contributed by atoms with E-state index < -0.39 is 46.1 Å². The minimum atomic E-state index is -4.63. The molecule has 3 N–H and O–H groups in total. The fraction of sp³-hybridized carbons (Fsp3) is 0.364. The van der Waals surface area contributed by atoms with Crippen molar-refractivity contribution in [1.82, 2.24) is 5.32 Å². The summed E-state index contributed by atoms with van der Waals surface area (Å²) in [7, 11) is -4.63. The largest absolute Gasteiger partial charge is 0.347 e. The first-order chi connectivity index (χ1) is 10.6. The SMILES string of the molecule is CCC[C@H](NC(=O)c1cc([N+](=O)[O-])cc([N+](=O)[O-])c1)P(=O)(O)O. The number of carbonyl (C=O) groups excluding carboxylic acids is 1. The zero-order chi connectivity index (χ0) is 17.8. The molecule has 0 aliphatic rings. The van der Waals surface area contributed by atoms with Gasteiger partial charge in [-0.25, -0.2) is 0 Å². The quantitative estimate of drug-likeness (QED) is 0.378. The first-order valence-electron chi connectivity index (χ1n) is 6.36. The summed E-state index contributed by atoms with van der Waals surface area (Å²) in [6.45, 7) is 1.65. The van der Waals surface area contributed by atoms with Crippen LogP contribution in [0.3, 0.4) is 0 Å². The number of amides is 1. The lowest BCUT2D eigenvalue weighted by atomic mass is 10.1. The van der Waals surface area contributed by atoms with Gasteiger partial charge in [-0.05, 0) is 6.42 Å². The molecule has 0 fully saturated rings. The molecular weight excluding hydrogens is 333 g/mol. The zero-order valence-corrected chi connectivity index (χ0v) is 12.8. The number of non-ortho nitro benzene ring substituents is 2. The van der Waals surface area contributed by atoms with Gasteiger partial charge in [0.15, 0.2) is 0 Å². The molecule has 0 saturated carbocycles. The van der Waals surface area contributed by atoms with Gasteiger partial charge in [-0.3, -0.25) is 29.6 Å². The maximum Gasteiger partial charge on any atom is 0.347 e. The minimum Gasteiger partial charge on any atom is -0.338 e. The van der Waals surface area contributed by atoms with Gasteiger partial charge in [0, 0.05) is 12.1 Å². The Labute approximate surface area is 129 Å². The van der Waals surface area contributed by atoms with Crippen LogP contribution in [0.2, 0.25) is 0 Å². The molecule has 0 aliphatic carbocycles. The Bertz CT molecular complexity index is 654. The first kappa shape index (κ1) is 18.7. The number of nitro groups is 2. The summed E-state index contributed by atoms with van der Waals surface area (Å²) in [6, 6.07) is 2.28. The van der Waals surface area contributed by atoms with Crippen LogP contribution in [-0.4, -0.2) is 31.3 Å². The van der Waals surface area contributed by atoms with Gasteiger partial charge in [0.1, 0.15) is 5.78 Å². The summed E-state index contributed by atoms with van der Waals surface area (Å²) < 4.78 is 11.3. The number of nitrogens with zero attached hydrogens (tertiary/aromatic N) is 2. The van der Waals surface area contributed by atoms with E-state index in [9.17, 15) is 29.6 Å². The van der Waals surface area contributed by atoms with Crippen LogP contribution in [0.4, 0.5) is 11.4 Å². The Balaban J connectivity index is 3.18. The number of hydrogen-bond acceptors (Lipinski definition) is 6. The Morgan fingerprint density at radius 1 is 1.22 bits per heavy atom. The first-order valence-corrected chi connectivity index (χ1v) is 8.04.